The first-order valence-electron chi connectivity index (χ1n) is 8.06. The fourth-order valence-electron chi connectivity index (χ4n) is 2.38. The van der Waals surface area contributed by atoms with Gasteiger partial charge in [0.15, 0.2) is 11.7 Å². The van der Waals surface area contributed by atoms with Crippen molar-refractivity contribution >= 4 is 5.96 Å². The molecule has 124 valence electrons. The van der Waals surface area contributed by atoms with Crippen LogP contribution in [0.4, 0.5) is 0 Å². The summed E-state index contributed by atoms with van der Waals surface area (Å²) in [5.41, 5.74) is 1.99. The third-order valence-electron chi connectivity index (χ3n) is 3.80. The third kappa shape index (κ3) is 5.09. The van der Waals surface area contributed by atoms with Crippen molar-refractivity contribution in [3.8, 4) is 0 Å². The van der Waals surface area contributed by atoms with Gasteiger partial charge in [0.25, 0.3) is 0 Å². The molecule has 2 aromatic heterocycles. The fraction of sp³-hybridized carbons (Fsp3) is 0.471. The predicted molar refractivity (Wildman–Crippen MR) is 91.1 cm³/mol. The summed E-state index contributed by atoms with van der Waals surface area (Å²) in [6, 6.07) is 7.86. The minimum Gasteiger partial charge on any atom is -0.359 e. The van der Waals surface area contributed by atoms with Crippen LogP contribution in [0, 0.1) is 0 Å². The SMILES string of the molecule is CCC(CC)c1cc(CNC(=NC)NCc2ccccn2)on1. The number of aliphatic imine (C=N–C) groups is 1. The van der Waals surface area contributed by atoms with Crippen LogP contribution in [0.15, 0.2) is 40.0 Å². The van der Waals surface area contributed by atoms with E-state index in [9.17, 15) is 0 Å². The summed E-state index contributed by atoms with van der Waals surface area (Å²) >= 11 is 0. The highest BCUT2D eigenvalue weighted by Crippen LogP contribution is 2.22. The maximum Gasteiger partial charge on any atom is 0.191 e. The average Bonchev–Trinajstić information content (AvgIpc) is 3.06. The molecule has 0 aliphatic carbocycles. The number of hydrogen-bond donors (Lipinski definition) is 2. The van der Waals surface area contributed by atoms with Crippen molar-refractivity contribution in [2.24, 2.45) is 4.99 Å². The Balaban J connectivity index is 1.84. The minimum atomic E-state index is 0.467. The summed E-state index contributed by atoms with van der Waals surface area (Å²) in [5.74, 6) is 1.98. The molecule has 23 heavy (non-hydrogen) atoms. The number of pyridine rings is 1. The third-order valence-corrected chi connectivity index (χ3v) is 3.80. The number of nitrogens with one attached hydrogen (secondary N) is 2. The predicted octanol–water partition coefficient (Wildman–Crippen LogP) is 2.84. The average molecular weight is 315 g/mol. The molecule has 2 rings (SSSR count). The zero-order chi connectivity index (χ0) is 16.5. The second kappa shape index (κ2) is 8.92. The smallest absolute Gasteiger partial charge is 0.191 e. The van der Waals surface area contributed by atoms with E-state index < -0.39 is 0 Å². The Morgan fingerprint density at radius 1 is 1.22 bits per heavy atom. The quantitative estimate of drug-likeness (QED) is 0.607. The zero-order valence-corrected chi connectivity index (χ0v) is 14.0. The van der Waals surface area contributed by atoms with E-state index in [2.05, 4.69) is 39.6 Å². The molecule has 0 saturated carbocycles. The number of nitrogens with zero attached hydrogens (tertiary/aromatic N) is 3. The van der Waals surface area contributed by atoms with Gasteiger partial charge in [-0.2, -0.15) is 0 Å². The Morgan fingerprint density at radius 2 is 2.00 bits per heavy atom. The lowest BCUT2D eigenvalue weighted by molar-refractivity contribution is 0.368. The number of guanidine groups is 1. The van der Waals surface area contributed by atoms with Crippen molar-refractivity contribution in [2.75, 3.05) is 7.05 Å². The first-order valence-corrected chi connectivity index (χ1v) is 8.06. The van der Waals surface area contributed by atoms with Gasteiger partial charge in [-0.05, 0) is 25.0 Å². The molecule has 6 nitrogen and oxygen atoms in total. The zero-order valence-electron chi connectivity index (χ0n) is 14.0. The fourth-order valence-corrected chi connectivity index (χ4v) is 2.38. The molecule has 2 aromatic rings. The van der Waals surface area contributed by atoms with E-state index in [1.54, 1.807) is 13.2 Å². The van der Waals surface area contributed by atoms with E-state index in [4.69, 9.17) is 4.52 Å². The molecule has 2 N–H and O–H groups in total. The van der Waals surface area contributed by atoms with Gasteiger partial charge in [0.2, 0.25) is 0 Å². The summed E-state index contributed by atoms with van der Waals surface area (Å²) in [6.07, 6.45) is 3.92. The molecule has 2 heterocycles. The van der Waals surface area contributed by atoms with Crippen LogP contribution in [0.3, 0.4) is 0 Å². The molecule has 0 bridgehead atoms. The molecule has 0 amide bonds. The van der Waals surface area contributed by atoms with Crippen molar-refractivity contribution < 1.29 is 4.52 Å². The van der Waals surface area contributed by atoms with Gasteiger partial charge in [0.05, 0.1) is 24.5 Å². The lowest BCUT2D eigenvalue weighted by Crippen LogP contribution is -2.36. The molecule has 0 saturated heterocycles. The van der Waals surface area contributed by atoms with Crippen molar-refractivity contribution in [1.82, 2.24) is 20.8 Å². The van der Waals surface area contributed by atoms with Gasteiger partial charge in [0.1, 0.15) is 0 Å². The van der Waals surface area contributed by atoms with Crippen LogP contribution < -0.4 is 10.6 Å². The number of rotatable bonds is 7. The molecule has 0 spiro atoms. The highest BCUT2D eigenvalue weighted by Gasteiger charge is 2.13. The highest BCUT2D eigenvalue weighted by atomic mass is 16.5. The van der Waals surface area contributed by atoms with Crippen LogP contribution in [0.25, 0.3) is 0 Å². The molecule has 0 unspecified atom stereocenters. The van der Waals surface area contributed by atoms with Crippen molar-refractivity contribution in [1.29, 1.82) is 0 Å². The molecule has 0 aliphatic heterocycles. The second-order valence-corrected chi connectivity index (χ2v) is 5.33. The van der Waals surface area contributed by atoms with E-state index in [1.807, 2.05) is 24.3 Å². The topological polar surface area (TPSA) is 75.3 Å². The summed E-state index contributed by atoms with van der Waals surface area (Å²) in [6.45, 7) is 5.51. The Hall–Kier alpha value is -2.37. The minimum absolute atomic E-state index is 0.467. The molecule has 6 heteroatoms. The molecule has 0 atom stereocenters. The van der Waals surface area contributed by atoms with E-state index in [1.165, 1.54) is 0 Å². The van der Waals surface area contributed by atoms with Crippen molar-refractivity contribution in [2.45, 2.75) is 45.7 Å². The monoisotopic (exact) mass is 315 g/mol. The van der Waals surface area contributed by atoms with Gasteiger partial charge in [-0.3, -0.25) is 9.98 Å². The molecule has 0 radical (unpaired) electrons. The van der Waals surface area contributed by atoms with Crippen LogP contribution in [0.5, 0.6) is 0 Å². The van der Waals surface area contributed by atoms with E-state index in [0.29, 0.717) is 25.0 Å². The largest absolute Gasteiger partial charge is 0.359 e. The molecule has 0 fully saturated rings. The van der Waals surface area contributed by atoms with Gasteiger partial charge >= 0.3 is 0 Å². The van der Waals surface area contributed by atoms with Crippen LogP contribution in [0.2, 0.25) is 0 Å². The van der Waals surface area contributed by atoms with E-state index in [-0.39, 0.29) is 0 Å². The Kier molecular flexibility index (Phi) is 6.59. The number of hydrogen-bond acceptors (Lipinski definition) is 4. The first kappa shape index (κ1) is 17.0. The molecular weight excluding hydrogens is 290 g/mol. The second-order valence-electron chi connectivity index (χ2n) is 5.33. The summed E-state index contributed by atoms with van der Waals surface area (Å²) < 4.78 is 5.40. The maximum absolute atomic E-state index is 5.40. The Labute approximate surface area is 137 Å². The first-order chi connectivity index (χ1) is 11.3. The molecule has 0 aromatic carbocycles. The van der Waals surface area contributed by atoms with E-state index in [0.717, 1.165) is 30.0 Å². The molecule has 0 aliphatic rings. The molecular formula is C17H25N5O. The van der Waals surface area contributed by atoms with Gasteiger partial charge in [-0.15, -0.1) is 0 Å². The van der Waals surface area contributed by atoms with E-state index >= 15 is 0 Å². The Morgan fingerprint density at radius 3 is 2.65 bits per heavy atom. The highest BCUT2D eigenvalue weighted by molar-refractivity contribution is 5.79. The van der Waals surface area contributed by atoms with Gasteiger partial charge in [-0.25, -0.2) is 0 Å². The van der Waals surface area contributed by atoms with Gasteiger partial charge in [0, 0.05) is 25.2 Å². The van der Waals surface area contributed by atoms with Crippen molar-refractivity contribution in [3.63, 3.8) is 0 Å². The summed E-state index contributed by atoms with van der Waals surface area (Å²) in [7, 11) is 1.74. The van der Waals surface area contributed by atoms with Crippen LogP contribution in [-0.2, 0) is 13.1 Å². The summed E-state index contributed by atoms with van der Waals surface area (Å²) in [5, 5.41) is 10.6. The van der Waals surface area contributed by atoms with Gasteiger partial charge < -0.3 is 15.2 Å². The lowest BCUT2D eigenvalue weighted by atomic mass is 9.99. The van der Waals surface area contributed by atoms with Crippen LogP contribution >= 0.6 is 0 Å². The normalized spacial score (nSPS) is 11.7. The van der Waals surface area contributed by atoms with Crippen LogP contribution in [-0.4, -0.2) is 23.1 Å². The Bertz CT molecular complexity index is 604. The standard InChI is InChI=1S/C17H25N5O/c1-4-13(5-2)16-10-15(23-22-16)12-21-17(18-3)20-11-14-8-6-7-9-19-14/h6-10,13H,4-5,11-12H2,1-3H3,(H2,18,20,21). The van der Waals surface area contributed by atoms with Gasteiger partial charge in [-0.1, -0.05) is 25.1 Å². The van der Waals surface area contributed by atoms with Crippen molar-refractivity contribution in [3.05, 3.63) is 47.6 Å². The van der Waals surface area contributed by atoms with Crippen LogP contribution in [0.1, 0.15) is 49.8 Å². The summed E-state index contributed by atoms with van der Waals surface area (Å²) in [4.78, 5) is 8.47. The lowest BCUT2D eigenvalue weighted by Gasteiger charge is -2.10. The maximum atomic E-state index is 5.40. The number of aromatic nitrogens is 2.